The van der Waals surface area contributed by atoms with Gasteiger partial charge < -0.3 is 20.1 Å². The van der Waals surface area contributed by atoms with Crippen molar-refractivity contribution in [2.75, 3.05) is 46.6 Å². The van der Waals surface area contributed by atoms with Crippen molar-refractivity contribution in [2.24, 2.45) is 5.92 Å². The van der Waals surface area contributed by atoms with E-state index in [0.29, 0.717) is 38.7 Å². The molecule has 0 aliphatic carbocycles. The van der Waals surface area contributed by atoms with Gasteiger partial charge in [-0.15, -0.1) is 0 Å². The van der Waals surface area contributed by atoms with Gasteiger partial charge in [-0.1, -0.05) is 0 Å². The Morgan fingerprint density at radius 1 is 1.41 bits per heavy atom. The second-order valence-corrected chi connectivity index (χ2v) is 4.37. The first-order chi connectivity index (χ1) is 8.33. The van der Waals surface area contributed by atoms with Gasteiger partial charge >= 0.3 is 0 Å². The van der Waals surface area contributed by atoms with Crippen LogP contribution in [-0.4, -0.2) is 52.5 Å². The van der Waals surface area contributed by atoms with Crippen LogP contribution in [0.2, 0.25) is 0 Å². The van der Waals surface area contributed by atoms with Gasteiger partial charge in [0.25, 0.3) is 0 Å². The molecule has 1 unspecified atom stereocenters. The minimum atomic E-state index is 0.163. The van der Waals surface area contributed by atoms with E-state index >= 15 is 0 Å². The average molecular weight is 244 g/mol. The number of carbonyl (C=O) groups excluding carboxylic acids is 1. The second-order valence-electron chi connectivity index (χ2n) is 4.37. The van der Waals surface area contributed by atoms with Crippen molar-refractivity contribution in [3.63, 3.8) is 0 Å². The third kappa shape index (κ3) is 7.31. The number of amides is 1. The Labute approximate surface area is 103 Å². The molecular formula is C12H24N2O3. The van der Waals surface area contributed by atoms with Crippen molar-refractivity contribution in [1.82, 2.24) is 10.6 Å². The summed E-state index contributed by atoms with van der Waals surface area (Å²) in [5.41, 5.74) is 0. The van der Waals surface area contributed by atoms with E-state index < -0.39 is 0 Å². The third-order valence-electron chi connectivity index (χ3n) is 2.86. The Morgan fingerprint density at radius 2 is 2.29 bits per heavy atom. The number of rotatable bonds is 9. The van der Waals surface area contributed by atoms with E-state index in [4.69, 9.17) is 9.47 Å². The number of hydrogen-bond acceptors (Lipinski definition) is 4. The molecule has 1 aliphatic heterocycles. The normalized spacial score (nSPS) is 19.5. The van der Waals surface area contributed by atoms with Crippen molar-refractivity contribution in [3.05, 3.63) is 0 Å². The maximum absolute atomic E-state index is 11.5. The number of ether oxygens (including phenoxy) is 2. The van der Waals surface area contributed by atoms with E-state index in [-0.39, 0.29) is 5.91 Å². The van der Waals surface area contributed by atoms with Crippen molar-refractivity contribution in [3.8, 4) is 0 Å². The van der Waals surface area contributed by atoms with Crippen molar-refractivity contribution < 1.29 is 14.3 Å². The van der Waals surface area contributed by atoms with Crippen LogP contribution in [-0.2, 0) is 14.3 Å². The Kier molecular flexibility index (Phi) is 7.96. The SMILES string of the molecule is COCCOCCCNC(=O)CC1CCNC1. The molecule has 1 fully saturated rings. The molecule has 5 nitrogen and oxygen atoms in total. The molecular weight excluding hydrogens is 220 g/mol. The molecule has 0 bridgehead atoms. The standard InChI is InChI=1S/C12H24N2O3/c1-16-7-8-17-6-2-4-14-12(15)9-11-3-5-13-10-11/h11,13H,2-10H2,1H3,(H,14,15). The zero-order valence-corrected chi connectivity index (χ0v) is 10.7. The lowest BCUT2D eigenvalue weighted by Gasteiger charge is -2.09. The predicted octanol–water partition coefficient (Wildman–Crippen LogP) is 0.155. The van der Waals surface area contributed by atoms with Crippen LogP contribution in [0.25, 0.3) is 0 Å². The molecule has 0 saturated carbocycles. The van der Waals surface area contributed by atoms with Crippen LogP contribution in [0.5, 0.6) is 0 Å². The highest BCUT2D eigenvalue weighted by atomic mass is 16.5. The van der Waals surface area contributed by atoms with E-state index in [1.54, 1.807) is 7.11 Å². The van der Waals surface area contributed by atoms with Gasteiger partial charge in [-0.3, -0.25) is 4.79 Å². The topological polar surface area (TPSA) is 59.6 Å². The summed E-state index contributed by atoms with van der Waals surface area (Å²) in [6.45, 7) is 4.65. The van der Waals surface area contributed by atoms with Crippen LogP contribution in [0.3, 0.4) is 0 Å². The molecule has 0 spiro atoms. The van der Waals surface area contributed by atoms with Crippen LogP contribution in [0.1, 0.15) is 19.3 Å². The molecule has 0 radical (unpaired) electrons. The lowest BCUT2D eigenvalue weighted by Crippen LogP contribution is -2.27. The van der Waals surface area contributed by atoms with Crippen molar-refractivity contribution >= 4 is 5.91 Å². The van der Waals surface area contributed by atoms with Crippen LogP contribution < -0.4 is 10.6 Å². The lowest BCUT2D eigenvalue weighted by molar-refractivity contribution is -0.121. The summed E-state index contributed by atoms with van der Waals surface area (Å²) in [6, 6.07) is 0. The van der Waals surface area contributed by atoms with Gasteiger partial charge in [-0.2, -0.15) is 0 Å². The number of carbonyl (C=O) groups is 1. The smallest absolute Gasteiger partial charge is 0.220 e. The molecule has 5 heteroatoms. The first-order valence-corrected chi connectivity index (χ1v) is 6.37. The van der Waals surface area contributed by atoms with Gasteiger partial charge in [0, 0.05) is 26.7 Å². The Balaban J connectivity index is 1.86. The molecule has 17 heavy (non-hydrogen) atoms. The molecule has 1 aliphatic rings. The van der Waals surface area contributed by atoms with E-state index in [2.05, 4.69) is 10.6 Å². The van der Waals surface area contributed by atoms with E-state index in [0.717, 1.165) is 25.9 Å². The molecule has 1 atom stereocenters. The summed E-state index contributed by atoms with van der Waals surface area (Å²) in [5, 5.41) is 6.18. The molecule has 0 aromatic rings. The van der Waals surface area contributed by atoms with Gasteiger partial charge in [-0.05, 0) is 31.8 Å². The van der Waals surface area contributed by atoms with Gasteiger partial charge in [0.05, 0.1) is 13.2 Å². The monoisotopic (exact) mass is 244 g/mol. The highest BCUT2D eigenvalue weighted by molar-refractivity contribution is 5.76. The fraction of sp³-hybridized carbons (Fsp3) is 0.917. The molecule has 100 valence electrons. The minimum absolute atomic E-state index is 0.163. The molecule has 0 aromatic carbocycles. The highest BCUT2D eigenvalue weighted by Crippen LogP contribution is 2.11. The van der Waals surface area contributed by atoms with Gasteiger partial charge in [-0.25, -0.2) is 0 Å². The summed E-state index contributed by atoms with van der Waals surface area (Å²) >= 11 is 0. The van der Waals surface area contributed by atoms with Crippen LogP contribution in [0.15, 0.2) is 0 Å². The summed E-state index contributed by atoms with van der Waals surface area (Å²) in [6.07, 6.45) is 2.63. The average Bonchev–Trinajstić information content (AvgIpc) is 2.80. The Bertz CT molecular complexity index is 206. The van der Waals surface area contributed by atoms with Crippen molar-refractivity contribution in [2.45, 2.75) is 19.3 Å². The van der Waals surface area contributed by atoms with Gasteiger partial charge in [0.2, 0.25) is 5.91 Å². The first kappa shape index (κ1) is 14.4. The van der Waals surface area contributed by atoms with Gasteiger partial charge in [0.1, 0.15) is 0 Å². The van der Waals surface area contributed by atoms with Crippen molar-refractivity contribution in [1.29, 1.82) is 0 Å². The molecule has 1 rings (SSSR count). The Hall–Kier alpha value is -0.650. The van der Waals surface area contributed by atoms with E-state index in [1.807, 2.05) is 0 Å². The fourth-order valence-electron chi connectivity index (χ4n) is 1.87. The zero-order valence-electron chi connectivity index (χ0n) is 10.7. The van der Waals surface area contributed by atoms with Gasteiger partial charge in [0.15, 0.2) is 0 Å². The largest absolute Gasteiger partial charge is 0.382 e. The first-order valence-electron chi connectivity index (χ1n) is 6.37. The molecule has 2 N–H and O–H groups in total. The molecule has 1 saturated heterocycles. The number of methoxy groups -OCH3 is 1. The maximum atomic E-state index is 11.5. The minimum Gasteiger partial charge on any atom is -0.382 e. The fourth-order valence-corrected chi connectivity index (χ4v) is 1.87. The van der Waals surface area contributed by atoms with E-state index in [1.165, 1.54) is 0 Å². The van der Waals surface area contributed by atoms with E-state index in [9.17, 15) is 4.79 Å². The second kappa shape index (κ2) is 9.39. The highest BCUT2D eigenvalue weighted by Gasteiger charge is 2.17. The summed E-state index contributed by atoms with van der Waals surface area (Å²) in [7, 11) is 1.65. The van der Waals surface area contributed by atoms with Crippen LogP contribution in [0, 0.1) is 5.92 Å². The molecule has 0 aromatic heterocycles. The third-order valence-corrected chi connectivity index (χ3v) is 2.86. The quantitative estimate of drug-likeness (QED) is 0.567. The van der Waals surface area contributed by atoms with Crippen LogP contribution >= 0.6 is 0 Å². The number of nitrogens with one attached hydrogen (secondary N) is 2. The predicted molar refractivity (Wildman–Crippen MR) is 65.9 cm³/mol. The lowest BCUT2D eigenvalue weighted by atomic mass is 10.0. The summed E-state index contributed by atoms with van der Waals surface area (Å²) in [4.78, 5) is 11.5. The molecule has 1 heterocycles. The summed E-state index contributed by atoms with van der Waals surface area (Å²) < 4.78 is 10.2. The van der Waals surface area contributed by atoms with Crippen LogP contribution in [0.4, 0.5) is 0 Å². The zero-order chi connectivity index (χ0) is 12.3. The Morgan fingerprint density at radius 3 is 3.00 bits per heavy atom. The summed E-state index contributed by atoms with van der Waals surface area (Å²) in [5.74, 6) is 0.684. The molecule has 1 amide bonds. The number of hydrogen-bond donors (Lipinski definition) is 2. The maximum Gasteiger partial charge on any atom is 0.220 e.